The van der Waals surface area contributed by atoms with Crippen LogP contribution in [0, 0.1) is 11.3 Å². The highest BCUT2D eigenvalue weighted by Gasteiger charge is 2.18. The monoisotopic (exact) mass is 221 g/mol. The van der Waals surface area contributed by atoms with Gasteiger partial charge in [-0.15, -0.1) is 0 Å². The van der Waals surface area contributed by atoms with E-state index in [0.717, 1.165) is 0 Å². The van der Waals surface area contributed by atoms with E-state index in [0.29, 0.717) is 11.3 Å². The summed E-state index contributed by atoms with van der Waals surface area (Å²) >= 11 is 0. The lowest BCUT2D eigenvalue weighted by Crippen LogP contribution is -2.09. The fraction of sp³-hybridized carbons (Fsp3) is 0.273. The minimum Gasteiger partial charge on any atom is -0.497 e. The maximum atomic E-state index is 11.4. The molecular formula is C11H11NO4. The molecule has 0 aliphatic rings. The van der Waals surface area contributed by atoms with Gasteiger partial charge >= 0.3 is 5.97 Å². The normalized spacial score (nSPS) is 9.38. The molecule has 0 radical (unpaired) electrons. The molecule has 0 aliphatic carbocycles. The van der Waals surface area contributed by atoms with Crippen LogP contribution in [0.1, 0.15) is 21.5 Å². The highest BCUT2D eigenvalue weighted by molar-refractivity contribution is 5.94. The first-order valence-corrected chi connectivity index (χ1v) is 4.48. The summed E-state index contributed by atoms with van der Waals surface area (Å²) in [6, 6.07) is 4.78. The van der Waals surface area contributed by atoms with E-state index in [1.54, 1.807) is 0 Å². The van der Waals surface area contributed by atoms with Crippen molar-refractivity contribution in [2.75, 3.05) is 14.2 Å². The third-order valence-electron chi connectivity index (χ3n) is 2.11. The number of nitriles is 1. The first kappa shape index (κ1) is 12.0. The molecule has 16 heavy (non-hydrogen) atoms. The van der Waals surface area contributed by atoms with E-state index in [4.69, 9.17) is 15.1 Å². The third kappa shape index (κ3) is 2.12. The van der Waals surface area contributed by atoms with Crippen LogP contribution in [-0.4, -0.2) is 25.3 Å². The Kier molecular flexibility index (Phi) is 3.86. The Morgan fingerprint density at radius 3 is 2.62 bits per heavy atom. The molecule has 0 heterocycles. The van der Waals surface area contributed by atoms with Crippen LogP contribution >= 0.6 is 0 Å². The average molecular weight is 221 g/mol. The van der Waals surface area contributed by atoms with Crippen molar-refractivity contribution in [3.63, 3.8) is 0 Å². The highest BCUT2D eigenvalue weighted by Crippen LogP contribution is 2.23. The summed E-state index contributed by atoms with van der Waals surface area (Å²) in [5.41, 5.74) is 0.506. The predicted octanol–water partition coefficient (Wildman–Crippen LogP) is 0.846. The van der Waals surface area contributed by atoms with Crippen LogP contribution in [0.4, 0.5) is 0 Å². The lowest BCUT2D eigenvalue weighted by molar-refractivity contribution is 0.0596. The number of methoxy groups -OCH3 is 2. The largest absolute Gasteiger partial charge is 0.497 e. The van der Waals surface area contributed by atoms with Crippen LogP contribution < -0.4 is 4.74 Å². The predicted molar refractivity (Wildman–Crippen MR) is 55.0 cm³/mol. The van der Waals surface area contributed by atoms with E-state index >= 15 is 0 Å². The number of nitrogens with zero attached hydrogens (tertiary/aromatic N) is 1. The molecule has 0 aromatic heterocycles. The quantitative estimate of drug-likeness (QED) is 0.765. The summed E-state index contributed by atoms with van der Waals surface area (Å²) in [6.45, 7) is -0.365. The van der Waals surface area contributed by atoms with Crippen LogP contribution in [0.25, 0.3) is 0 Å². The van der Waals surface area contributed by atoms with Gasteiger partial charge in [0.25, 0.3) is 0 Å². The first-order chi connectivity index (χ1) is 7.67. The number of benzene rings is 1. The van der Waals surface area contributed by atoms with Crippen molar-refractivity contribution in [1.29, 1.82) is 5.26 Å². The van der Waals surface area contributed by atoms with Gasteiger partial charge in [0.15, 0.2) is 0 Å². The molecule has 0 saturated heterocycles. The summed E-state index contributed by atoms with van der Waals surface area (Å²) in [7, 11) is 2.66. The second-order valence-corrected chi connectivity index (χ2v) is 2.97. The molecule has 1 aromatic rings. The summed E-state index contributed by atoms with van der Waals surface area (Å²) in [5.74, 6) is -0.239. The van der Waals surface area contributed by atoms with Gasteiger partial charge < -0.3 is 14.6 Å². The number of carbonyl (C=O) groups excluding carboxylic acids is 1. The van der Waals surface area contributed by atoms with Gasteiger partial charge in [-0.2, -0.15) is 5.26 Å². The maximum absolute atomic E-state index is 11.4. The Balaban J connectivity index is 3.45. The molecule has 0 fully saturated rings. The molecule has 5 nitrogen and oxygen atoms in total. The zero-order valence-electron chi connectivity index (χ0n) is 8.98. The van der Waals surface area contributed by atoms with Gasteiger partial charge in [0.1, 0.15) is 11.8 Å². The van der Waals surface area contributed by atoms with E-state index in [-0.39, 0.29) is 17.7 Å². The van der Waals surface area contributed by atoms with E-state index in [2.05, 4.69) is 4.74 Å². The molecular weight excluding hydrogens is 210 g/mol. The molecule has 1 N–H and O–H groups in total. The van der Waals surface area contributed by atoms with Crippen molar-refractivity contribution < 1.29 is 19.4 Å². The van der Waals surface area contributed by atoms with Crippen molar-refractivity contribution in [2.45, 2.75) is 6.61 Å². The zero-order chi connectivity index (χ0) is 12.1. The zero-order valence-corrected chi connectivity index (χ0v) is 8.98. The number of carbonyl (C=O) groups is 1. The van der Waals surface area contributed by atoms with Crippen molar-refractivity contribution in [1.82, 2.24) is 0 Å². The Bertz CT molecular complexity index is 448. The van der Waals surface area contributed by atoms with Gasteiger partial charge in [0.2, 0.25) is 0 Å². The molecule has 84 valence electrons. The number of aliphatic hydroxyl groups is 1. The molecule has 0 aliphatic heterocycles. The number of aliphatic hydroxyl groups excluding tert-OH is 1. The fourth-order valence-electron chi connectivity index (χ4n) is 1.35. The van der Waals surface area contributed by atoms with Gasteiger partial charge in [-0.3, -0.25) is 0 Å². The maximum Gasteiger partial charge on any atom is 0.339 e. The fourth-order valence-corrected chi connectivity index (χ4v) is 1.35. The SMILES string of the molecule is COC(=O)c1c(C#N)cc(OC)cc1CO. The molecule has 0 atom stereocenters. The van der Waals surface area contributed by atoms with Gasteiger partial charge in [0.05, 0.1) is 32.0 Å². The standard InChI is InChI=1S/C11H11NO4/c1-15-9-3-7(5-12)10(11(14)16-2)8(4-9)6-13/h3-4,13H,6H2,1-2H3. The number of hydrogen-bond donors (Lipinski definition) is 1. The molecule has 0 spiro atoms. The Hall–Kier alpha value is -2.06. The van der Waals surface area contributed by atoms with E-state index in [1.165, 1.54) is 26.4 Å². The average Bonchev–Trinajstić information content (AvgIpc) is 2.35. The van der Waals surface area contributed by atoms with Gasteiger partial charge in [-0.25, -0.2) is 4.79 Å². The number of esters is 1. The Morgan fingerprint density at radius 2 is 2.19 bits per heavy atom. The molecule has 0 unspecified atom stereocenters. The highest BCUT2D eigenvalue weighted by atomic mass is 16.5. The first-order valence-electron chi connectivity index (χ1n) is 4.48. The van der Waals surface area contributed by atoms with Gasteiger partial charge in [-0.1, -0.05) is 0 Å². The lowest BCUT2D eigenvalue weighted by Gasteiger charge is -2.09. The second kappa shape index (κ2) is 5.14. The van der Waals surface area contributed by atoms with Gasteiger partial charge in [0, 0.05) is 0 Å². The molecule has 1 aromatic carbocycles. The molecule has 0 bridgehead atoms. The van der Waals surface area contributed by atoms with Crippen LogP contribution in [-0.2, 0) is 11.3 Å². The number of ether oxygens (including phenoxy) is 2. The number of rotatable bonds is 3. The minimum atomic E-state index is -0.650. The summed E-state index contributed by atoms with van der Waals surface area (Å²) < 4.78 is 9.51. The smallest absolute Gasteiger partial charge is 0.339 e. The van der Waals surface area contributed by atoms with Crippen molar-refractivity contribution in [3.05, 3.63) is 28.8 Å². The van der Waals surface area contributed by atoms with Crippen LogP contribution in [0.5, 0.6) is 5.75 Å². The van der Waals surface area contributed by atoms with Gasteiger partial charge in [-0.05, 0) is 17.7 Å². The Morgan fingerprint density at radius 1 is 1.50 bits per heavy atom. The van der Waals surface area contributed by atoms with E-state index < -0.39 is 5.97 Å². The topological polar surface area (TPSA) is 79.6 Å². The van der Waals surface area contributed by atoms with Crippen LogP contribution in [0.2, 0.25) is 0 Å². The molecule has 5 heteroatoms. The lowest BCUT2D eigenvalue weighted by atomic mass is 10.0. The van der Waals surface area contributed by atoms with Crippen molar-refractivity contribution in [2.24, 2.45) is 0 Å². The second-order valence-electron chi connectivity index (χ2n) is 2.97. The molecule has 0 amide bonds. The van der Waals surface area contributed by atoms with Crippen molar-refractivity contribution >= 4 is 5.97 Å². The Labute approximate surface area is 92.8 Å². The summed E-state index contributed by atoms with van der Waals surface area (Å²) in [6.07, 6.45) is 0. The number of hydrogen-bond acceptors (Lipinski definition) is 5. The third-order valence-corrected chi connectivity index (χ3v) is 2.11. The summed E-state index contributed by atoms with van der Waals surface area (Å²) in [4.78, 5) is 11.4. The van der Waals surface area contributed by atoms with Crippen molar-refractivity contribution in [3.8, 4) is 11.8 Å². The molecule has 0 saturated carbocycles. The van der Waals surface area contributed by atoms with E-state index in [9.17, 15) is 4.79 Å². The summed E-state index contributed by atoms with van der Waals surface area (Å²) in [5, 5.41) is 18.0. The van der Waals surface area contributed by atoms with Crippen LogP contribution in [0.3, 0.4) is 0 Å². The van der Waals surface area contributed by atoms with E-state index in [1.807, 2.05) is 6.07 Å². The minimum absolute atomic E-state index is 0.0771. The van der Waals surface area contributed by atoms with Crippen LogP contribution in [0.15, 0.2) is 12.1 Å². The molecule has 1 rings (SSSR count).